The zero-order valence-electron chi connectivity index (χ0n) is 35.2. The molecular formula is C48H43ClF2N10O3. The van der Waals surface area contributed by atoms with Gasteiger partial charge in [-0.3, -0.25) is 9.59 Å². The molecule has 0 aliphatic carbocycles. The van der Waals surface area contributed by atoms with Crippen LogP contribution < -0.4 is 36.6 Å². The molecule has 0 fully saturated rings. The molecule has 0 saturated heterocycles. The van der Waals surface area contributed by atoms with E-state index in [1.165, 1.54) is 0 Å². The van der Waals surface area contributed by atoms with Gasteiger partial charge in [-0.15, -0.1) is 0 Å². The summed E-state index contributed by atoms with van der Waals surface area (Å²) in [5.74, 6) is 0.748. The smallest absolute Gasteiger partial charge is 0.258 e. The Morgan fingerprint density at radius 2 is 1.14 bits per heavy atom. The molecule has 0 bridgehead atoms. The molecule has 324 valence electrons. The van der Waals surface area contributed by atoms with E-state index in [1.807, 2.05) is 79.7 Å². The van der Waals surface area contributed by atoms with Crippen LogP contribution in [0, 0.1) is 18.6 Å². The summed E-state index contributed by atoms with van der Waals surface area (Å²) < 4.78 is 32.2. The molecule has 0 saturated carbocycles. The summed E-state index contributed by atoms with van der Waals surface area (Å²) >= 11 is 5.88. The highest BCUT2D eigenvalue weighted by Crippen LogP contribution is 2.28. The molecular weight excluding hydrogens is 838 g/mol. The zero-order chi connectivity index (χ0) is 45.2. The number of ether oxygens (including phenoxy) is 1. The molecule has 0 radical (unpaired) electrons. The summed E-state index contributed by atoms with van der Waals surface area (Å²) in [4.78, 5) is 42.7. The van der Waals surface area contributed by atoms with Crippen molar-refractivity contribution < 1.29 is 23.1 Å². The van der Waals surface area contributed by atoms with Crippen LogP contribution >= 0.6 is 11.6 Å². The number of hydrogen-bond acceptors (Lipinski definition) is 11. The van der Waals surface area contributed by atoms with Crippen molar-refractivity contribution in [2.24, 2.45) is 0 Å². The number of rotatable bonds is 13. The maximum absolute atomic E-state index is 13.8. The van der Waals surface area contributed by atoms with Crippen LogP contribution in [0.4, 0.5) is 43.7 Å². The van der Waals surface area contributed by atoms with Gasteiger partial charge in [0.05, 0.1) is 23.7 Å². The fourth-order valence-electron chi connectivity index (χ4n) is 6.43. The molecule has 64 heavy (non-hydrogen) atoms. The zero-order valence-corrected chi connectivity index (χ0v) is 35.9. The number of methoxy groups -OCH3 is 1. The van der Waals surface area contributed by atoms with Gasteiger partial charge in [-0.1, -0.05) is 47.5 Å². The van der Waals surface area contributed by atoms with Crippen LogP contribution in [0.2, 0.25) is 5.02 Å². The molecule has 0 aliphatic rings. The van der Waals surface area contributed by atoms with Gasteiger partial charge in [0.25, 0.3) is 11.8 Å². The molecule has 0 aliphatic heterocycles. The summed E-state index contributed by atoms with van der Waals surface area (Å²) in [6, 6.07) is 36.1. The Hall–Kier alpha value is -7.91. The first-order valence-electron chi connectivity index (χ1n) is 20.0. The average Bonchev–Trinajstić information content (AvgIpc) is 3.31. The number of fused-ring (bicyclic) bond motifs is 2. The van der Waals surface area contributed by atoms with E-state index < -0.39 is 17.5 Å². The van der Waals surface area contributed by atoms with Gasteiger partial charge in [0.1, 0.15) is 29.0 Å². The van der Waals surface area contributed by atoms with Crippen LogP contribution in [0.15, 0.2) is 127 Å². The van der Waals surface area contributed by atoms with Gasteiger partial charge >= 0.3 is 0 Å². The third-order valence-corrected chi connectivity index (χ3v) is 10.1. The summed E-state index contributed by atoms with van der Waals surface area (Å²) in [6.07, 6.45) is 0. The van der Waals surface area contributed by atoms with Crippen LogP contribution in [0.1, 0.15) is 37.4 Å². The predicted octanol–water partition coefficient (Wildman–Crippen LogP) is 10.3. The lowest BCUT2D eigenvalue weighted by Crippen LogP contribution is -2.14. The Morgan fingerprint density at radius 3 is 1.67 bits per heavy atom. The Morgan fingerprint density at radius 1 is 0.609 bits per heavy atom. The van der Waals surface area contributed by atoms with E-state index in [0.29, 0.717) is 64.6 Å². The SMILES string of the molecule is CNc1nc(NCc2ccc(NC(=O)c3ccc(Cl)cc3)cc2)c2cc(OC)ccc2n1.CNc1nc(NCc2ccc(NC(=O)c3ccc(F)cc3F)cc2)c2cc(C)ccc2n1. The van der Waals surface area contributed by atoms with Gasteiger partial charge in [0, 0.05) is 66.0 Å². The van der Waals surface area contributed by atoms with Gasteiger partial charge in [-0.05, 0) is 109 Å². The fraction of sp³-hybridized carbons (Fsp3) is 0.125. The number of nitrogens with zero attached hydrogens (tertiary/aromatic N) is 4. The number of benzene rings is 6. The number of amides is 2. The Balaban J connectivity index is 0.000000191. The van der Waals surface area contributed by atoms with Crippen molar-refractivity contribution in [1.29, 1.82) is 0 Å². The Bertz CT molecular complexity index is 2940. The number of carbonyl (C=O) groups is 2. The number of halogens is 3. The molecule has 0 atom stereocenters. The number of hydrogen-bond donors (Lipinski definition) is 6. The quantitative estimate of drug-likeness (QED) is 0.0652. The summed E-state index contributed by atoms with van der Waals surface area (Å²) in [5.41, 5.74) is 6.30. The first-order chi connectivity index (χ1) is 31.0. The number of carbonyl (C=O) groups excluding carboxylic acids is 2. The molecule has 8 rings (SSSR count). The van der Waals surface area contributed by atoms with Crippen molar-refractivity contribution in [1.82, 2.24) is 19.9 Å². The van der Waals surface area contributed by atoms with Crippen LogP contribution in [0.25, 0.3) is 21.8 Å². The van der Waals surface area contributed by atoms with E-state index >= 15 is 0 Å². The lowest BCUT2D eigenvalue weighted by Gasteiger charge is -2.12. The highest BCUT2D eigenvalue weighted by molar-refractivity contribution is 6.30. The third-order valence-electron chi connectivity index (χ3n) is 9.83. The third kappa shape index (κ3) is 11.1. The van der Waals surface area contributed by atoms with Gasteiger partial charge in [-0.25, -0.2) is 18.7 Å². The standard InChI is InChI=1S/C24H22ClN5O2.C24H21F2N5O/c1-26-24-29-21-12-11-19(32-2)13-20(21)22(30-24)27-14-15-3-9-18(10-4-15)28-23(31)16-5-7-17(25)8-6-16;1-14-3-10-21-19(11-14)22(31-24(27-2)30-21)28-13-15-4-7-17(8-5-15)29-23(32)18-9-6-16(25)12-20(18)26/h3-13H,14H2,1-2H3,(H,28,31)(H2,26,27,29,30);3-12H,13H2,1-2H3,(H,29,32)(H2,27,28,30,31). The van der Waals surface area contributed by atoms with E-state index in [2.05, 4.69) is 51.8 Å². The first-order valence-corrected chi connectivity index (χ1v) is 20.3. The second-order valence-electron chi connectivity index (χ2n) is 14.3. The maximum atomic E-state index is 13.8. The minimum absolute atomic E-state index is 0.187. The monoisotopic (exact) mass is 880 g/mol. The molecule has 13 nitrogen and oxygen atoms in total. The van der Waals surface area contributed by atoms with Gasteiger partial charge in [0.15, 0.2) is 0 Å². The van der Waals surface area contributed by atoms with Crippen LogP contribution in [-0.2, 0) is 13.1 Å². The van der Waals surface area contributed by atoms with E-state index in [-0.39, 0.29) is 11.5 Å². The molecule has 6 N–H and O–H groups in total. The molecule has 0 unspecified atom stereocenters. The highest BCUT2D eigenvalue weighted by Gasteiger charge is 2.14. The van der Waals surface area contributed by atoms with E-state index in [9.17, 15) is 18.4 Å². The largest absolute Gasteiger partial charge is 0.497 e. The van der Waals surface area contributed by atoms with Crippen LogP contribution in [-0.4, -0.2) is 53.0 Å². The van der Waals surface area contributed by atoms with Crippen molar-refractivity contribution in [3.05, 3.63) is 172 Å². The van der Waals surface area contributed by atoms with Crippen molar-refractivity contribution in [3.63, 3.8) is 0 Å². The molecule has 2 aromatic heterocycles. The Kier molecular flexibility index (Phi) is 14.0. The molecule has 16 heteroatoms. The molecule has 6 aromatic carbocycles. The molecule has 0 spiro atoms. The average molecular weight is 881 g/mol. The van der Waals surface area contributed by atoms with Crippen molar-refractivity contribution in [2.75, 3.05) is 53.1 Å². The molecule has 2 heterocycles. The lowest BCUT2D eigenvalue weighted by molar-refractivity contribution is 0.101. The highest BCUT2D eigenvalue weighted by atomic mass is 35.5. The summed E-state index contributed by atoms with van der Waals surface area (Å²) in [5, 5.41) is 20.6. The van der Waals surface area contributed by atoms with E-state index in [0.717, 1.165) is 56.4 Å². The second kappa shape index (κ2) is 20.3. The van der Waals surface area contributed by atoms with Gasteiger partial charge in [-0.2, -0.15) is 9.97 Å². The second-order valence-corrected chi connectivity index (χ2v) is 14.8. The van der Waals surface area contributed by atoms with Crippen molar-refractivity contribution >= 4 is 80.1 Å². The van der Waals surface area contributed by atoms with Gasteiger partial charge in [0.2, 0.25) is 11.9 Å². The number of aryl methyl sites for hydroxylation is 1. The number of anilines is 6. The topological polar surface area (TPSA) is 167 Å². The lowest BCUT2D eigenvalue weighted by atomic mass is 10.1. The van der Waals surface area contributed by atoms with Crippen LogP contribution in [0.3, 0.4) is 0 Å². The van der Waals surface area contributed by atoms with Crippen LogP contribution in [0.5, 0.6) is 5.75 Å². The first kappa shape index (κ1) is 44.2. The van der Waals surface area contributed by atoms with Gasteiger partial charge < -0.3 is 36.6 Å². The van der Waals surface area contributed by atoms with E-state index in [1.54, 1.807) is 57.6 Å². The van der Waals surface area contributed by atoms with Crippen molar-refractivity contribution in [2.45, 2.75) is 20.0 Å². The number of nitrogens with one attached hydrogen (secondary N) is 6. The number of aromatic nitrogens is 4. The normalized spacial score (nSPS) is 10.7. The minimum atomic E-state index is -0.906. The predicted molar refractivity (Wildman–Crippen MR) is 251 cm³/mol. The summed E-state index contributed by atoms with van der Waals surface area (Å²) in [6.45, 7) is 3.07. The maximum Gasteiger partial charge on any atom is 0.258 e. The van der Waals surface area contributed by atoms with Crippen molar-refractivity contribution in [3.8, 4) is 5.75 Å². The molecule has 8 aromatic rings. The minimum Gasteiger partial charge on any atom is -0.497 e. The van der Waals surface area contributed by atoms with E-state index in [4.69, 9.17) is 16.3 Å². The molecule has 2 amide bonds. The fourth-order valence-corrected chi connectivity index (χ4v) is 6.56. The summed E-state index contributed by atoms with van der Waals surface area (Å²) in [7, 11) is 5.18. The Labute approximate surface area is 372 Å².